The maximum Gasteiger partial charge on any atom is 0.0397 e. The Kier molecular flexibility index (Phi) is 2.27. The second-order valence-corrected chi connectivity index (χ2v) is 5.28. The van der Waals surface area contributed by atoms with Crippen molar-refractivity contribution in [2.24, 2.45) is 11.1 Å². The van der Waals surface area contributed by atoms with Gasteiger partial charge in [-0.3, -0.25) is 0 Å². The standard InChI is InChI=1S/C13H20N2/c1-13(2)11(12(13)14)9-7-5-6-8-10(9)15(3)4/h5-8,11-12H,14H2,1-4H3/t11-,12-/m1/s1. The third-order valence-electron chi connectivity index (χ3n) is 3.66. The van der Waals surface area contributed by atoms with Crippen LogP contribution in [0, 0.1) is 5.41 Å². The monoisotopic (exact) mass is 204 g/mol. The van der Waals surface area contributed by atoms with Crippen molar-refractivity contribution in [2.45, 2.75) is 25.8 Å². The Morgan fingerprint density at radius 3 is 2.20 bits per heavy atom. The number of para-hydroxylation sites is 1. The molecule has 2 nitrogen and oxygen atoms in total. The number of benzene rings is 1. The van der Waals surface area contributed by atoms with Crippen molar-refractivity contribution in [1.82, 2.24) is 0 Å². The minimum absolute atomic E-state index is 0.256. The largest absolute Gasteiger partial charge is 0.377 e. The van der Waals surface area contributed by atoms with Crippen LogP contribution >= 0.6 is 0 Å². The third-order valence-corrected chi connectivity index (χ3v) is 3.66. The highest BCUT2D eigenvalue weighted by molar-refractivity contribution is 5.57. The molecular weight excluding hydrogens is 184 g/mol. The molecule has 2 heteroatoms. The predicted octanol–water partition coefficient (Wildman–Crippen LogP) is 2.20. The van der Waals surface area contributed by atoms with Gasteiger partial charge in [0.05, 0.1) is 0 Å². The second kappa shape index (κ2) is 3.24. The maximum atomic E-state index is 6.13. The van der Waals surface area contributed by atoms with Gasteiger partial charge in [0.2, 0.25) is 0 Å². The summed E-state index contributed by atoms with van der Waals surface area (Å²) in [4.78, 5) is 2.16. The van der Waals surface area contributed by atoms with Crippen LogP contribution in [0.1, 0.15) is 25.3 Å². The Bertz CT molecular complexity index is 369. The van der Waals surface area contributed by atoms with Gasteiger partial charge in [0.1, 0.15) is 0 Å². The molecule has 2 atom stereocenters. The lowest BCUT2D eigenvalue weighted by molar-refractivity contribution is 0.599. The number of nitrogens with zero attached hydrogens (tertiary/aromatic N) is 1. The van der Waals surface area contributed by atoms with E-state index in [-0.39, 0.29) is 5.41 Å². The molecule has 15 heavy (non-hydrogen) atoms. The van der Waals surface area contributed by atoms with Crippen molar-refractivity contribution in [3.05, 3.63) is 29.8 Å². The van der Waals surface area contributed by atoms with E-state index in [2.05, 4.69) is 57.1 Å². The van der Waals surface area contributed by atoms with E-state index in [4.69, 9.17) is 5.73 Å². The molecule has 0 bridgehead atoms. The first-order valence-electron chi connectivity index (χ1n) is 5.48. The van der Waals surface area contributed by atoms with Gasteiger partial charge in [-0.1, -0.05) is 32.0 Å². The Labute approximate surface area is 92.1 Å². The Morgan fingerprint density at radius 1 is 1.20 bits per heavy atom. The summed E-state index contributed by atoms with van der Waals surface area (Å²) in [6.07, 6.45) is 0. The minimum Gasteiger partial charge on any atom is -0.377 e. The smallest absolute Gasteiger partial charge is 0.0397 e. The molecule has 1 aromatic carbocycles. The molecule has 1 aromatic rings. The molecule has 0 aromatic heterocycles. The SMILES string of the molecule is CN(C)c1ccccc1[C@@H]1[C@@H](N)C1(C)C. The quantitative estimate of drug-likeness (QED) is 0.800. The van der Waals surface area contributed by atoms with E-state index in [1.54, 1.807) is 0 Å². The van der Waals surface area contributed by atoms with Gasteiger partial charge in [-0.15, -0.1) is 0 Å². The van der Waals surface area contributed by atoms with Gasteiger partial charge in [0.25, 0.3) is 0 Å². The Balaban J connectivity index is 2.38. The first-order chi connectivity index (χ1) is 6.96. The van der Waals surface area contributed by atoms with Gasteiger partial charge in [-0.2, -0.15) is 0 Å². The summed E-state index contributed by atoms with van der Waals surface area (Å²) in [5.41, 5.74) is 9.07. The summed E-state index contributed by atoms with van der Waals surface area (Å²) in [6, 6.07) is 8.85. The average molecular weight is 204 g/mol. The molecule has 2 N–H and O–H groups in total. The topological polar surface area (TPSA) is 29.3 Å². The van der Waals surface area contributed by atoms with Gasteiger partial charge in [-0.05, 0) is 17.0 Å². The zero-order valence-electron chi connectivity index (χ0n) is 9.99. The Morgan fingerprint density at radius 2 is 1.73 bits per heavy atom. The fraction of sp³-hybridized carbons (Fsp3) is 0.538. The molecule has 1 fully saturated rings. The lowest BCUT2D eigenvalue weighted by Crippen LogP contribution is -2.12. The first-order valence-corrected chi connectivity index (χ1v) is 5.48. The number of nitrogens with two attached hydrogens (primary N) is 1. The molecule has 0 aliphatic heterocycles. The van der Waals surface area contributed by atoms with E-state index >= 15 is 0 Å². The molecule has 1 saturated carbocycles. The first kappa shape index (κ1) is 10.5. The number of anilines is 1. The van der Waals surface area contributed by atoms with Crippen molar-refractivity contribution < 1.29 is 0 Å². The van der Waals surface area contributed by atoms with Crippen LogP contribution in [-0.2, 0) is 0 Å². The lowest BCUT2D eigenvalue weighted by Gasteiger charge is -2.18. The maximum absolute atomic E-state index is 6.13. The number of hydrogen-bond acceptors (Lipinski definition) is 2. The summed E-state index contributed by atoms with van der Waals surface area (Å²) in [5.74, 6) is 0.510. The highest BCUT2D eigenvalue weighted by atomic mass is 15.1. The van der Waals surface area contributed by atoms with E-state index in [0.717, 1.165) is 0 Å². The Hall–Kier alpha value is -1.02. The van der Waals surface area contributed by atoms with Gasteiger partial charge in [-0.25, -0.2) is 0 Å². The molecule has 0 amide bonds. The number of hydrogen-bond donors (Lipinski definition) is 1. The van der Waals surface area contributed by atoms with Crippen LogP contribution in [0.4, 0.5) is 5.69 Å². The van der Waals surface area contributed by atoms with E-state index in [1.807, 2.05) is 0 Å². The summed E-state index contributed by atoms with van der Waals surface area (Å²) < 4.78 is 0. The molecule has 0 radical (unpaired) electrons. The minimum atomic E-state index is 0.256. The molecule has 2 rings (SSSR count). The van der Waals surface area contributed by atoms with Crippen LogP contribution in [-0.4, -0.2) is 20.1 Å². The molecular formula is C13H20N2. The third kappa shape index (κ3) is 1.53. The number of rotatable bonds is 2. The van der Waals surface area contributed by atoms with E-state index < -0.39 is 0 Å². The van der Waals surface area contributed by atoms with E-state index in [9.17, 15) is 0 Å². The molecule has 0 heterocycles. The zero-order chi connectivity index (χ0) is 11.2. The van der Waals surface area contributed by atoms with Crippen LogP contribution < -0.4 is 10.6 Å². The second-order valence-electron chi connectivity index (χ2n) is 5.28. The van der Waals surface area contributed by atoms with E-state index in [0.29, 0.717) is 12.0 Å². The fourth-order valence-corrected chi connectivity index (χ4v) is 2.43. The molecule has 0 saturated heterocycles. The van der Waals surface area contributed by atoms with Gasteiger partial charge >= 0.3 is 0 Å². The van der Waals surface area contributed by atoms with E-state index in [1.165, 1.54) is 11.3 Å². The zero-order valence-corrected chi connectivity index (χ0v) is 9.99. The summed E-state index contributed by atoms with van der Waals surface area (Å²) in [6.45, 7) is 4.49. The van der Waals surface area contributed by atoms with Crippen LogP contribution in [0.5, 0.6) is 0 Å². The summed E-state index contributed by atoms with van der Waals surface area (Å²) >= 11 is 0. The molecule has 82 valence electrons. The van der Waals surface area contributed by atoms with Crippen LogP contribution in [0.2, 0.25) is 0 Å². The summed E-state index contributed by atoms with van der Waals surface area (Å²) in [5, 5.41) is 0. The van der Waals surface area contributed by atoms with Crippen LogP contribution in [0.15, 0.2) is 24.3 Å². The highest BCUT2D eigenvalue weighted by Crippen LogP contribution is 2.58. The molecule has 0 spiro atoms. The highest BCUT2D eigenvalue weighted by Gasteiger charge is 2.56. The predicted molar refractivity (Wildman–Crippen MR) is 65.3 cm³/mol. The van der Waals surface area contributed by atoms with Gasteiger partial charge in [0.15, 0.2) is 0 Å². The van der Waals surface area contributed by atoms with Gasteiger partial charge < -0.3 is 10.6 Å². The van der Waals surface area contributed by atoms with Crippen molar-refractivity contribution in [2.75, 3.05) is 19.0 Å². The van der Waals surface area contributed by atoms with Crippen molar-refractivity contribution in [1.29, 1.82) is 0 Å². The van der Waals surface area contributed by atoms with Crippen molar-refractivity contribution >= 4 is 5.69 Å². The lowest BCUT2D eigenvalue weighted by atomic mass is 10.0. The van der Waals surface area contributed by atoms with Crippen LogP contribution in [0.25, 0.3) is 0 Å². The van der Waals surface area contributed by atoms with Crippen molar-refractivity contribution in [3.8, 4) is 0 Å². The normalized spacial score (nSPS) is 27.5. The molecule has 1 aliphatic rings. The fourth-order valence-electron chi connectivity index (χ4n) is 2.43. The van der Waals surface area contributed by atoms with Crippen molar-refractivity contribution in [3.63, 3.8) is 0 Å². The average Bonchev–Trinajstić information content (AvgIpc) is 2.66. The molecule has 1 aliphatic carbocycles. The van der Waals surface area contributed by atoms with Gasteiger partial charge in [0, 0.05) is 31.7 Å². The molecule has 0 unspecified atom stereocenters. The van der Waals surface area contributed by atoms with Crippen LogP contribution in [0.3, 0.4) is 0 Å². The summed E-state index contributed by atoms with van der Waals surface area (Å²) in [7, 11) is 4.17.